The number of carboxylic acid groups (broad SMARTS) is 1. The molecule has 0 amide bonds. The summed E-state index contributed by atoms with van der Waals surface area (Å²) in [6.07, 6.45) is 2.17. The molecule has 1 aliphatic rings. The van der Waals surface area contributed by atoms with Crippen LogP contribution in [0.2, 0.25) is 0 Å². The second-order valence-corrected chi connectivity index (χ2v) is 6.85. The highest BCUT2D eigenvalue weighted by atomic mass is 32.1. The van der Waals surface area contributed by atoms with Crippen molar-refractivity contribution >= 4 is 28.6 Å². The van der Waals surface area contributed by atoms with Gasteiger partial charge >= 0.3 is 5.97 Å². The van der Waals surface area contributed by atoms with Crippen molar-refractivity contribution in [2.75, 3.05) is 13.2 Å². The molecule has 1 fully saturated rings. The van der Waals surface area contributed by atoms with Crippen molar-refractivity contribution in [2.45, 2.75) is 25.2 Å². The maximum absolute atomic E-state index is 10.7. The SMILES string of the molecule is O=C(O)Cc1ccc(-c2csc(C3CCOCC3)n2)s1. The average molecular weight is 309 g/mol. The second-order valence-electron chi connectivity index (χ2n) is 4.79. The van der Waals surface area contributed by atoms with E-state index in [0.29, 0.717) is 5.92 Å². The number of carboxylic acids is 1. The van der Waals surface area contributed by atoms with Gasteiger partial charge in [0.2, 0.25) is 0 Å². The number of nitrogens with zero attached hydrogens (tertiary/aromatic N) is 1. The Bertz CT molecular complexity index is 599. The van der Waals surface area contributed by atoms with Crippen LogP contribution >= 0.6 is 22.7 Å². The molecule has 0 spiro atoms. The van der Waals surface area contributed by atoms with Crippen molar-refractivity contribution in [2.24, 2.45) is 0 Å². The van der Waals surface area contributed by atoms with E-state index in [-0.39, 0.29) is 6.42 Å². The van der Waals surface area contributed by atoms with Gasteiger partial charge in [0.05, 0.1) is 22.0 Å². The Hall–Kier alpha value is -1.24. The standard InChI is InChI=1S/C14H15NO3S2/c16-13(17)7-10-1-2-12(20-10)11-8-19-14(15-11)9-3-5-18-6-4-9/h1-2,8-9H,3-7H2,(H,16,17). The zero-order valence-corrected chi connectivity index (χ0v) is 12.5. The van der Waals surface area contributed by atoms with Crippen molar-refractivity contribution in [1.82, 2.24) is 4.98 Å². The maximum atomic E-state index is 10.7. The van der Waals surface area contributed by atoms with Crippen LogP contribution in [0, 0.1) is 0 Å². The molecular weight excluding hydrogens is 294 g/mol. The fraction of sp³-hybridized carbons (Fsp3) is 0.429. The zero-order valence-electron chi connectivity index (χ0n) is 10.9. The summed E-state index contributed by atoms with van der Waals surface area (Å²) in [6.45, 7) is 1.64. The lowest BCUT2D eigenvalue weighted by molar-refractivity contribution is -0.136. The van der Waals surface area contributed by atoms with E-state index in [1.807, 2.05) is 12.1 Å². The van der Waals surface area contributed by atoms with Crippen LogP contribution in [0.4, 0.5) is 0 Å². The Kier molecular flexibility index (Phi) is 4.14. The summed E-state index contributed by atoms with van der Waals surface area (Å²) in [6, 6.07) is 3.84. The Labute approximate surface area is 125 Å². The molecule has 0 atom stereocenters. The zero-order chi connectivity index (χ0) is 13.9. The minimum atomic E-state index is -0.792. The summed E-state index contributed by atoms with van der Waals surface area (Å²) in [7, 11) is 0. The van der Waals surface area contributed by atoms with Crippen LogP contribution in [0.5, 0.6) is 0 Å². The van der Waals surface area contributed by atoms with E-state index in [0.717, 1.165) is 41.5 Å². The van der Waals surface area contributed by atoms with Gasteiger partial charge < -0.3 is 9.84 Å². The first-order chi connectivity index (χ1) is 9.72. The van der Waals surface area contributed by atoms with Crippen LogP contribution in [0.1, 0.15) is 28.6 Å². The molecule has 0 aromatic carbocycles. The van der Waals surface area contributed by atoms with Crippen LogP contribution in [0.3, 0.4) is 0 Å². The summed E-state index contributed by atoms with van der Waals surface area (Å²) in [5, 5.41) is 12.1. The lowest BCUT2D eigenvalue weighted by Gasteiger charge is -2.19. The van der Waals surface area contributed by atoms with Crippen molar-refractivity contribution in [1.29, 1.82) is 0 Å². The van der Waals surface area contributed by atoms with E-state index in [4.69, 9.17) is 14.8 Å². The highest BCUT2D eigenvalue weighted by Crippen LogP contribution is 2.34. The number of thiophene rings is 1. The summed E-state index contributed by atoms with van der Waals surface area (Å²) in [4.78, 5) is 17.3. The highest BCUT2D eigenvalue weighted by molar-refractivity contribution is 7.16. The molecule has 1 N–H and O–H groups in total. The van der Waals surface area contributed by atoms with E-state index < -0.39 is 5.97 Å². The molecule has 0 bridgehead atoms. The number of carbonyl (C=O) groups is 1. The van der Waals surface area contributed by atoms with Crippen LogP contribution in [0.25, 0.3) is 10.6 Å². The summed E-state index contributed by atoms with van der Waals surface area (Å²) < 4.78 is 5.38. The molecule has 6 heteroatoms. The lowest BCUT2D eigenvalue weighted by Crippen LogP contribution is -2.13. The minimum Gasteiger partial charge on any atom is -0.481 e. The van der Waals surface area contributed by atoms with Crippen molar-refractivity contribution in [3.05, 3.63) is 27.4 Å². The third kappa shape index (κ3) is 3.08. The third-order valence-corrected chi connectivity index (χ3v) is 5.45. The average Bonchev–Trinajstić information content (AvgIpc) is 3.07. The van der Waals surface area contributed by atoms with E-state index >= 15 is 0 Å². The van der Waals surface area contributed by atoms with Gasteiger partial charge in [0.15, 0.2) is 0 Å². The summed E-state index contributed by atoms with van der Waals surface area (Å²) in [5.41, 5.74) is 0.970. The highest BCUT2D eigenvalue weighted by Gasteiger charge is 2.19. The topological polar surface area (TPSA) is 59.4 Å². The number of thiazole rings is 1. The van der Waals surface area contributed by atoms with Gasteiger partial charge in [-0.2, -0.15) is 0 Å². The van der Waals surface area contributed by atoms with Gasteiger partial charge in [-0.25, -0.2) is 4.98 Å². The van der Waals surface area contributed by atoms with Gasteiger partial charge in [0.1, 0.15) is 0 Å². The number of rotatable bonds is 4. The smallest absolute Gasteiger partial charge is 0.308 e. The molecule has 3 rings (SSSR count). The van der Waals surface area contributed by atoms with E-state index in [9.17, 15) is 4.79 Å². The molecule has 0 aliphatic carbocycles. The molecule has 106 valence electrons. The number of hydrogen-bond acceptors (Lipinski definition) is 5. The monoisotopic (exact) mass is 309 g/mol. The summed E-state index contributed by atoms with van der Waals surface area (Å²) in [5.74, 6) is -0.277. The predicted molar refractivity (Wildman–Crippen MR) is 79.6 cm³/mol. The van der Waals surface area contributed by atoms with Gasteiger partial charge in [-0.3, -0.25) is 4.79 Å². The molecule has 3 heterocycles. The molecule has 0 radical (unpaired) electrons. The van der Waals surface area contributed by atoms with Crippen LogP contribution in [-0.4, -0.2) is 29.3 Å². The summed E-state index contributed by atoms with van der Waals surface area (Å²) >= 11 is 3.21. The third-order valence-electron chi connectivity index (χ3n) is 3.33. The molecule has 1 aliphatic heterocycles. The fourth-order valence-electron chi connectivity index (χ4n) is 2.29. The molecule has 20 heavy (non-hydrogen) atoms. The molecule has 4 nitrogen and oxygen atoms in total. The Morgan fingerprint density at radius 2 is 2.20 bits per heavy atom. The van der Waals surface area contributed by atoms with E-state index in [1.54, 1.807) is 11.3 Å². The van der Waals surface area contributed by atoms with Gasteiger partial charge in [0.25, 0.3) is 0 Å². The normalized spacial score (nSPS) is 16.4. The Morgan fingerprint density at radius 3 is 2.95 bits per heavy atom. The molecule has 0 unspecified atom stereocenters. The van der Waals surface area contributed by atoms with Crippen LogP contribution in [-0.2, 0) is 16.0 Å². The first-order valence-electron chi connectivity index (χ1n) is 6.56. The molecular formula is C14H15NO3S2. The minimum absolute atomic E-state index is 0.0849. The van der Waals surface area contributed by atoms with Crippen molar-refractivity contribution < 1.29 is 14.6 Å². The number of aliphatic carboxylic acids is 1. The van der Waals surface area contributed by atoms with Gasteiger partial charge in [0, 0.05) is 29.4 Å². The van der Waals surface area contributed by atoms with E-state index in [1.165, 1.54) is 16.3 Å². The number of aromatic nitrogens is 1. The quantitative estimate of drug-likeness (QED) is 0.940. The van der Waals surface area contributed by atoms with Gasteiger partial charge in [-0.1, -0.05) is 0 Å². The first-order valence-corrected chi connectivity index (χ1v) is 8.26. The van der Waals surface area contributed by atoms with Crippen LogP contribution < -0.4 is 0 Å². The first kappa shape index (κ1) is 13.7. The Morgan fingerprint density at radius 1 is 1.40 bits per heavy atom. The number of ether oxygens (including phenoxy) is 1. The fourth-order valence-corrected chi connectivity index (χ4v) is 4.32. The van der Waals surface area contributed by atoms with Gasteiger partial charge in [-0.15, -0.1) is 22.7 Å². The predicted octanol–water partition coefficient (Wildman–Crippen LogP) is 3.39. The Balaban J connectivity index is 1.75. The lowest BCUT2D eigenvalue weighted by atomic mass is 10.0. The molecule has 2 aromatic heterocycles. The van der Waals surface area contributed by atoms with Crippen molar-refractivity contribution in [3.63, 3.8) is 0 Å². The van der Waals surface area contributed by atoms with Gasteiger partial charge in [-0.05, 0) is 25.0 Å². The number of hydrogen-bond donors (Lipinski definition) is 1. The molecule has 0 saturated carbocycles. The van der Waals surface area contributed by atoms with Crippen LogP contribution in [0.15, 0.2) is 17.5 Å². The van der Waals surface area contributed by atoms with E-state index in [2.05, 4.69) is 5.38 Å². The second kappa shape index (κ2) is 6.03. The molecule has 1 saturated heterocycles. The largest absolute Gasteiger partial charge is 0.481 e. The van der Waals surface area contributed by atoms with Crippen molar-refractivity contribution in [3.8, 4) is 10.6 Å². The maximum Gasteiger partial charge on any atom is 0.308 e. The molecule has 2 aromatic rings.